The first-order valence-corrected chi connectivity index (χ1v) is 9.50. The molecule has 1 atom stereocenters. The van der Waals surface area contributed by atoms with E-state index in [4.69, 9.17) is 4.74 Å². The van der Waals surface area contributed by atoms with Gasteiger partial charge in [-0.1, -0.05) is 66.7 Å². The molecular weight excluding hydrogens is 382 g/mol. The summed E-state index contributed by atoms with van der Waals surface area (Å²) in [7, 11) is 1.52. The molecule has 0 bridgehead atoms. The average molecular weight is 401 g/mol. The van der Waals surface area contributed by atoms with Gasteiger partial charge < -0.3 is 4.74 Å². The van der Waals surface area contributed by atoms with E-state index in [1.807, 2.05) is 0 Å². The van der Waals surface area contributed by atoms with Crippen LogP contribution < -0.4 is 4.74 Å². The number of fused-ring (bicyclic) bond motifs is 1. The highest BCUT2D eigenvalue weighted by molar-refractivity contribution is 6.33. The van der Waals surface area contributed by atoms with E-state index < -0.39 is 34.4 Å². The first kappa shape index (κ1) is 19.5. The lowest BCUT2D eigenvalue weighted by Gasteiger charge is -2.33. The second kappa shape index (κ2) is 7.55. The van der Waals surface area contributed by atoms with Gasteiger partial charge in [-0.3, -0.25) is 19.7 Å². The Morgan fingerprint density at radius 3 is 1.90 bits per heavy atom. The molecule has 150 valence electrons. The molecule has 6 heteroatoms. The number of benzene rings is 3. The zero-order valence-corrected chi connectivity index (χ0v) is 16.3. The number of methoxy groups -OCH3 is 1. The van der Waals surface area contributed by atoms with Crippen LogP contribution in [0.3, 0.4) is 0 Å². The molecule has 0 heterocycles. The van der Waals surface area contributed by atoms with Crippen LogP contribution in [0.4, 0.5) is 0 Å². The van der Waals surface area contributed by atoms with Crippen molar-refractivity contribution in [2.75, 3.05) is 13.7 Å². The first-order chi connectivity index (χ1) is 14.5. The molecule has 0 aliphatic heterocycles. The van der Waals surface area contributed by atoms with Crippen molar-refractivity contribution >= 4 is 11.6 Å². The van der Waals surface area contributed by atoms with Gasteiger partial charge in [-0.05, 0) is 23.3 Å². The molecule has 6 nitrogen and oxygen atoms in total. The smallest absolute Gasteiger partial charge is 0.212 e. The summed E-state index contributed by atoms with van der Waals surface area (Å²) in [5.74, 6) is -1.21. The van der Waals surface area contributed by atoms with E-state index in [9.17, 15) is 19.7 Å². The molecule has 0 amide bonds. The summed E-state index contributed by atoms with van der Waals surface area (Å²) in [6.45, 7) is -0.563. The number of nitrogens with zero attached hydrogens (tertiary/aromatic N) is 1. The number of hydrogen-bond acceptors (Lipinski definition) is 5. The highest BCUT2D eigenvalue weighted by Gasteiger charge is 2.60. The third-order valence-electron chi connectivity index (χ3n) is 5.73. The van der Waals surface area contributed by atoms with Gasteiger partial charge in [0.2, 0.25) is 6.54 Å². The molecule has 0 N–H and O–H groups in total. The molecule has 0 saturated heterocycles. The van der Waals surface area contributed by atoms with Crippen molar-refractivity contribution < 1.29 is 19.2 Å². The minimum Gasteiger partial charge on any atom is -0.497 e. The van der Waals surface area contributed by atoms with Gasteiger partial charge in [-0.25, -0.2) is 0 Å². The Morgan fingerprint density at radius 2 is 1.40 bits per heavy atom. The van der Waals surface area contributed by atoms with Gasteiger partial charge in [0.15, 0.2) is 11.6 Å². The average Bonchev–Trinajstić information content (AvgIpc) is 3.01. The number of hydrogen-bond donors (Lipinski definition) is 0. The number of Topliss-reactive ketones (excluding diaryl/α,β-unsaturated/α-hetero) is 2. The Hall–Kier alpha value is -3.80. The lowest BCUT2D eigenvalue weighted by Crippen LogP contribution is -2.46. The molecule has 0 fully saturated rings. The fraction of sp³-hybridized carbons (Fsp3) is 0.167. The van der Waals surface area contributed by atoms with Crippen molar-refractivity contribution in [2.24, 2.45) is 0 Å². The van der Waals surface area contributed by atoms with Crippen molar-refractivity contribution in [3.63, 3.8) is 0 Å². The number of rotatable bonds is 6. The van der Waals surface area contributed by atoms with Gasteiger partial charge in [0.1, 0.15) is 11.2 Å². The molecule has 1 aliphatic carbocycles. The van der Waals surface area contributed by atoms with Crippen molar-refractivity contribution in [1.82, 2.24) is 0 Å². The van der Waals surface area contributed by atoms with Crippen LogP contribution in [0.25, 0.3) is 0 Å². The summed E-state index contributed by atoms with van der Waals surface area (Å²) in [4.78, 5) is 38.8. The second-order valence-electron chi connectivity index (χ2n) is 7.22. The summed E-state index contributed by atoms with van der Waals surface area (Å²) in [5.41, 5.74) is -0.113. The molecule has 3 aromatic rings. The SMILES string of the molecule is COc1ccc(C(C[N+](=O)[O-])C2(c3ccccc3)C(=O)c3ccccc3C2=O)cc1. The Morgan fingerprint density at radius 1 is 0.867 bits per heavy atom. The molecule has 0 saturated carbocycles. The first-order valence-electron chi connectivity index (χ1n) is 9.50. The molecule has 1 unspecified atom stereocenters. The predicted molar refractivity (Wildman–Crippen MR) is 111 cm³/mol. The van der Waals surface area contributed by atoms with Gasteiger partial charge in [-0.2, -0.15) is 0 Å². The zero-order chi connectivity index (χ0) is 21.3. The van der Waals surface area contributed by atoms with Gasteiger partial charge in [0, 0.05) is 16.1 Å². The third kappa shape index (κ3) is 2.88. The fourth-order valence-electron chi connectivity index (χ4n) is 4.37. The van der Waals surface area contributed by atoms with Crippen molar-refractivity contribution in [3.8, 4) is 5.75 Å². The second-order valence-corrected chi connectivity index (χ2v) is 7.22. The Bertz CT molecular complexity index is 1090. The van der Waals surface area contributed by atoms with Crippen molar-refractivity contribution in [1.29, 1.82) is 0 Å². The maximum atomic E-state index is 13.8. The molecule has 0 aromatic heterocycles. The minimum atomic E-state index is -1.70. The lowest BCUT2D eigenvalue weighted by atomic mass is 9.64. The van der Waals surface area contributed by atoms with Gasteiger partial charge >= 0.3 is 0 Å². The highest BCUT2D eigenvalue weighted by Crippen LogP contribution is 2.49. The topological polar surface area (TPSA) is 86.5 Å². The molecule has 0 spiro atoms. The van der Waals surface area contributed by atoms with Gasteiger partial charge in [0.05, 0.1) is 13.0 Å². The van der Waals surface area contributed by atoms with Crippen LogP contribution in [-0.4, -0.2) is 30.1 Å². The predicted octanol–water partition coefficient (Wildman–Crippen LogP) is 4.07. The summed E-state index contributed by atoms with van der Waals surface area (Å²) < 4.78 is 5.19. The molecule has 3 aromatic carbocycles. The minimum absolute atomic E-state index is 0.299. The monoisotopic (exact) mass is 401 g/mol. The number of nitro groups is 1. The zero-order valence-electron chi connectivity index (χ0n) is 16.3. The number of carbonyl (C=O) groups is 2. The molecule has 0 radical (unpaired) electrons. The Kier molecular flexibility index (Phi) is 4.91. The van der Waals surface area contributed by atoms with Crippen molar-refractivity contribution in [2.45, 2.75) is 11.3 Å². The van der Waals surface area contributed by atoms with Crippen LogP contribution in [0.2, 0.25) is 0 Å². The molecule has 30 heavy (non-hydrogen) atoms. The van der Waals surface area contributed by atoms with Gasteiger partial charge in [0.25, 0.3) is 0 Å². The fourth-order valence-corrected chi connectivity index (χ4v) is 4.37. The van der Waals surface area contributed by atoms with Crippen LogP contribution in [-0.2, 0) is 5.41 Å². The molecule has 4 rings (SSSR count). The van der Waals surface area contributed by atoms with Crippen LogP contribution in [0.1, 0.15) is 37.8 Å². The van der Waals surface area contributed by atoms with E-state index in [1.54, 1.807) is 78.9 Å². The van der Waals surface area contributed by atoms with Crippen LogP contribution in [0, 0.1) is 10.1 Å². The quantitative estimate of drug-likeness (QED) is 0.353. The maximum absolute atomic E-state index is 13.8. The van der Waals surface area contributed by atoms with E-state index >= 15 is 0 Å². The van der Waals surface area contributed by atoms with Crippen molar-refractivity contribution in [3.05, 3.63) is 111 Å². The van der Waals surface area contributed by atoms with Crippen LogP contribution in [0.5, 0.6) is 5.75 Å². The largest absolute Gasteiger partial charge is 0.497 e. The maximum Gasteiger partial charge on any atom is 0.212 e. The normalized spacial score (nSPS) is 15.5. The van der Waals surface area contributed by atoms with E-state index in [1.165, 1.54) is 7.11 Å². The standard InChI is InChI=1S/C24H19NO5/c1-30-18-13-11-16(12-14-18)21(15-25(28)29)24(17-7-3-2-4-8-17)22(26)19-9-5-6-10-20(19)23(24)27/h2-14,21H,15H2,1H3. The van der Waals surface area contributed by atoms with Crippen LogP contribution in [0.15, 0.2) is 78.9 Å². The van der Waals surface area contributed by atoms with Crippen LogP contribution >= 0.6 is 0 Å². The lowest BCUT2D eigenvalue weighted by molar-refractivity contribution is -0.484. The Labute approximate surface area is 173 Å². The summed E-state index contributed by atoms with van der Waals surface area (Å²) in [6, 6.07) is 22.0. The van der Waals surface area contributed by atoms with E-state index in [-0.39, 0.29) is 0 Å². The van der Waals surface area contributed by atoms with E-state index in [0.717, 1.165) is 0 Å². The summed E-state index contributed by atoms with van der Waals surface area (Å²) >= 11 is 0. The summed E-state index contributed by atoms with van der Waals surface area (Å²) in [5, 5.41) is 11.7. The number of carbonyl (C=O) groups excluding carboxylic acids is 2. The van der Waals surface area contributed by atoms with Gasteiger partial charge in [-0.15, -0.1) is 0 Å². The number of ether oxygens (including phenoxy) is 1. The summed E-state index contributed by atoms with van der Waals surface area (Å²) in [6.07, 6.45) is 0. The Balaban J connectivity index is 2.00. The third-order valence-corrected chi connectivity index (χ3v) is 5.73. The highest BCUT2D eigenvalue weighted by atomic mass is 16.6. The molecule has 1 aliphatic rings. The number of ketones is 2. The molecular formula is C24H19NO5. The van der Waals surface area contributed by atoms with E-state index in [2.05, 4.69) is 0 Å². The van der Waals surface area contributed by atoms with E-state index in [0.29, 0.717) is 28.0 Å².